The number of benzene rings is 1. The highest BCUT2D eigenvalue weighted by Gasteiger charge is 2.30. The average Bonchev–Trinajstić information content (AvgIpc) is 2.06. The quantitative estimate of drug-likeness (QED) is 0.758. The molecule has 1 unspecified atom stereocenters. The van der Waals surface area contributed by atoms with Crippen LogP contribution < -0.4 is 4.74 Å². The molecule has 1 aliphatic rings. The summed E-state index contributed by atoms with van der Waals surface area (Å²) in [4.78, 5) is 0. The first-order valence-electron chi connectivity index (χ1n) is 4.25. The summed E-state index contributed by atoms with van der Waals surface area (Å²) in [5.74, 6) is 0.791. The zero-order valence-electron chi connectivity index (χ0n) is 7.38. The molecule has 1 aromatic carbocycles. The average molecular weight is 243 g/mol. The minimum absolute atomic E-state index is 0.585. The minimum atomic E-state index is -0.753. The van der Waals surface area contributed by atoms with Crippen LogP contribution in [0, 0.1) is 0 Å². The van der Waals surface area contributed by atoms with Crippen molar-refractivity contribution in [3.05, 3.63) is 28.2 Å². The number of halogens is 1. The van der Waals surface area contributed by atoms with Crippen LogP contribution in [0.1, 0.15) is 18.9 Å². The van der Waals surface area contributed by atoms with Crippen LogP contribution in [0.2, 0.25) is 0 Å². The van der Waals surface area contributed by atoms with Gasteiger partial charge in [0.2, 0.25) is 0 Å². The van der Waals surface area contributed by atoms with E-state index in [1.165, 1.54) is 0 Å². The summed E-state index contributed by atoms with van der Waals surface area (Å²) in [5, 5.41) is 10.1. The van der Waals surface area contributed by atoms with E-state index in [2.05, 4.69) is 15.9 Å². The van der Waals surface area contributed by atoms with E-state index < -0.39 is 5.60 Å². The van der Waals surface area contributed by atoms with Gasteiger partial charge in [0.15, 0.2) is 0 Å². The lowest BCUT2D eigenvalue weighted by Crippen LogP contribution is -2.29. The Balaban J connectivity index is 2.55. The lowest BCUT2D eigenvalue weighted by Gasteiger charge is -2.31. The van der Waals surface area contributed by atoms with Crippen LogP contribution in [-0.4, -0.2) is 11.7 Å². The van der Waals surface area contributed by atoms with Crippen LogP contribution in [0.15, 0.2) is 22.7 Å². The molecule has 0 aliphatic carbocycles. The van der Waals surface area contributed by atoms with Gasteiger partial charge in [-0.2, -0.15) is 0 Å². The Morgan fingerprint density at radius 2 is 2.31 bits per heavy atom. The zero-order chi connectivity index (χ0) is 9.47. The van der Waals surface area contributed by atoms with Crippen molar-refractivity contribution in [3.63, 3.8) is 0 Å². The fraction of sp³-hybridized carbons (Fsp3) is 0.400. The van der Waals surface area contributed by atoms with Crippen molar-refractivity contribution < 1.29 is 9.84 Å². The highest BCUT2D eigenvalue weighted by molar-refractivity contribution is 9.10. The summed E-state index contributed by atoms with van der Waals surface area (Å²) in [5.41, 5.74) is 0.116. The van der Waals surface area contributed by atoms with E-state index in [9.17, 15) is 5.11 Å². The van der Waals surface area contributed by atoms with Gasteiger partial charge in [-0.05, 0) is 25.1 Å². The minimum Gasteiger partial charge on any atom is -0.493 e. The number of rotatable bonds is 0. The molecule has 0 aromatic heterocycles. The van der Waals surface area contributed by atoms with E-state index in [1.807, 2.05) is 25.1 Å². The number of aliphatic hydroxyl groups is 1. The molecule has 13 heavy (non-hydrogen) atoms. The van der Waals surface area contributed by atoms with Gasteiger partial charge in [0.05, 0.1) is 12.2 Å². The molecule has 0 saturated carbocycles. The third-order valence-corrected chi connectivity index (χ3v) is 2.86. The zero-order valence-corrected chi connectivity index (χ0v) is 8.97. The molecule has 70 valence electrons. The van der Waals surface area contributed by atoms with E-state index >= 15 is 0 Å². The molecule has 2 rings (SSSR count). The normalized spacial score (nSPS) is 26.4. The van der Waals surface area contributed by atoms with Gasteiger partial charge < -0.3 is 9.84 Å². The van der Waals surface area contributed by atoms with Crippen molar-refractivity contribution in [2.24, 2.45) is 0 Å². The fourth-order valence-electron chi connectivity index (χ4n) is 1.54. The summed E-state index contributed by atoms with van der Waals surface area (Å²) < 4.78 is 6.40. The van der Waals surface area contributed by atoms with E-state index in [1.54, 1.807) is 0 Å². The van der Waals surface area contributed by atoms with Crippen LogP contribution in [0.3, 0.4) is 0 Å². The van der Waals surface area contributed by atoms with Crippen molar-refractivity contribution in [1.29, 1.82) is 0 Å². The first-order valence-corrected chi connectivity index (χ1v) is 5.04. The Labute approximate surface area is 85.7 Å². The number of hydrogen-bond donors (Lipinski definition) is 1. The first kappa shape index (κ1) is 9.03. The fourth-order valence-corrected chi connectivity index (χ4v) is 1.90. The second kappa shape index (κ2) is 3.00. The highest BCUT2D eigenvalue weighted by atomic mass is 79.9. The monoisotopic (exact) mass is 242 g/mol. The Hall–Kier alpha value is -0.540. The molecule has 1 heterocycles. The molecule has 0 radical (unpaired) electrons. The van der Waals surface area contributed by atoms with Gasteiger partial charge in [0.25, 0.3) is 0 Å². The molecular formula is C10H11BrO2. The van der Waals surface area contributed by atoms with Crippen LogP contribution in [-0.2, 0) is 5.60 Å². The van der Waals surface area contributed by atoms with Gasteiger partial charge in [0.1, 0.15) is 5.75 Å². The molecule has 0 amide bonds. The lowest BCUT2D eigenvalue weighted by molar-refractivity contribution is 0.0146. The molecule has 1 N–H and O–H groups in total. The van der Waals surface area contributed by atoms with Crippen LogP contribution in [0.25, 0.3) is 0 Å². The SMILES string of the molecule is CC1(O)CCOc2ccc(Br)cc21. The molecule has 1 atom stereocenters. The predicted molar refractivity (Wildman–Crippen MR) is 53.8 cm³/mol. The van der Waals surface area contributed by atoms with Crippen LogP contribution in [0.5, 0.6) is 5.75 Å². The molecule has 0 bridgehead atoms. The Bertz CT molecular complexity index is 334. The smallest absolute Gasteiger partial charge is 0.125 e. The van der Waals surface area contributed by atoms with Crippen LogP contribution in [0.4, 0.5) is 0 Å². The summed E-state index contributed by atoms with van der Waals surface area (Å²) in [6.07, 6.45) is 0.649. The first-order chi connectivity index (χ1) is 6.09. The summed E-state index contributed by atoms with van der Waals surface area (Å²) in [7, 11) is 0. The molecule has 1 aromatic rings. The highest BCUT2D eigenvalue weighted by Crippen LogP contribution is 2.37. The van der Waals surface area contributed by atoms with E-state index in [0.717, 1.165) is 15.8 Å². The van der Waals surface area contributed by atoms with Gasteiger partial charge in [-0.1, -0.05) is 15.9 Å². The maximum Gasteiger partial charge on any atom is 0.125 e. The van der Waals surface area contributed by atoms with Gasteiger partial charge in [0, 0.05) is 16.5 Å². The molecule has 3 heteroatoms. The maximum atomic E-state index is 10.1. The Morgan fingerprint density at radius 3 is 3.08 bits per heavy atom. The lowest BCUT2D eigenvalue weighted by atomic mass is 9.90. The molecule has 0 fully saturated rings. The summed E-state index contributed by atoms with van der Waals surface area (Å²) >= 11 is 3.38. The number of hydrogen-bond acceptors (Lipinski definition) is 2. The van der Waals surface area contributed by atoms with Gasteiger partial charge in [-0.15, -0.1) is 0 Å². The summed E-state index contributed by atoms with van der Waals surface area (Å²) in [6, 6.07) is 5.71. The van der Waals surface area contributed by atoms with Crippen molar-refractivity contribution in [2.45, 2.75) is 18.9 Å². The van der Waals surface area contributed by atoms with Gasteiger partial charge in [-0.3, -0.25) is 0 Å². The van der Waals surface area contributed by atoms with Gasteiger partial charge in [-0.25, -0.2) is 0 Å². The third-order valence-electron chi connectivity index (χ3n) is 2.37. The molecule has 2 nitrogen and oxygen atoms in total. The topological polar surface area (TPSA) is 29.5 Å². The van der Waals surface area contributed by atoms with E-state index in [-0.39, 0.29) is 0 Å². The van der Waals surface area contributed by atoms with Crippen molar-refractivity contribution >= 4 is 15.9 Å². The molecule has 0 spiro atoms. The summed E-state index contributed by atoms with van der Waals surface area (Å²) in [6.45, 7) is 2.41. The molecular weight excluding hydrogens is 232 g/mol. The van der Waals surface area contributed by atoms with Crippen LogP contribution >= 0.6 is 15.9 Å². The Kier molecular flexibility index (Phi) is 2.08. The maximum absolute atomic E-state index is 10.1. The predicted octanol–water partition coefficient (Wildman–Crippen LogP) is 2.44. The number of ether oxygens (including phenoxy) is 1. The van der Waals surface area contributed by atoms with Crippen molar-refractivity contribution in [3.8, 4) is 5.75 Å². The molecule has 0 saturated heterocycles. The standard InChI is InChI=1S/C10H11BrO2/c1-10(12)4-5-13-9-3-2-7(11)6-8(9)10/h2-3,6,12H,4-5H2,1H3. The van der Waals surface area contributed by atoms with Crippen molar-refractivity contribution in [1.82, 2.24) is 0 Å². The molecule has 1 aliphatic heterocycles. The Morgan fingerprint density at radius 1 is 1.54 bits per heavy atom. The van der Waals surface area contributed by atoms with E-state index in [0.29, 0.717) is 13.0 Å². The van der Waals surface area contributed by atoms with Crippen molar-refractivity contribution in [2.75, 3.05) is 6.61 Å². The third kappa shape index (κ3) is 1.58. The second-order valence-electron chi connectivity index (χ2n) is 3.51. The van der Waals surface area contributed by atoms with Gasteiger partial charge >= 0.3 is 0 Å². The number of fused-ring (bicyclic) bond motifs is 1. The largest absolute Gasteiger partial charge is 0.493 e. The van der Waals surface area contributed by atoms with E-state index in [4.69, 9.17) is 4.74 Å². The second-order valence-corrected chi connectivity index (χ2v) is 4.43.